The van der Waals surface area contributed by atoms with Crippen LogP contribution in [-0.2, 0) is 9.53 Å². The number of hydrogen-bond donors (Lipinski definition) is 1. The van der Waals surface area contributed by atoms with Gasteiger partial charge in [0.15, 0.2) is 0 Å². The second-order valence-corrected chi connectivity index (χ2v) is 7.29. The van der Waals surface area contributed by atoms with E-state index < -0.39 is 0 Å². The van der Waals surface area contributed by atoms with Gasteiger partial charge in [-0.3, -0.25) is 9.59 Å². The van der Waals surface area contributed by atoms with E-state index in [2.05, 4.69) is 15.2 Å². The van der Waals surface area contributed by atoms with Gasteiger partial charge in [-0.05, 0) is 25.0 Å². The molecule has 1 aromatic rings. The van der Waals surface area contributed by atoms with E-state index in [1.165, 1.54) is 0 Å². The average molecular weight is 373 g/mol. The maximum absolute atomic E-state index is 13.3. The normalized spacial score (nSPS) is 24.2. The zero-order chi connectivity index (χ0) is 18.6. The zero-order valence-electron chi connectivity index (χ0n) is 15.6. The molecule has 8 nitrogen and oxygen atoms in total. The van der Waals surface area contributed by atoms with Gasteiger partial charge in [0.25, 0.3) is 5.91 Å². The number of anilines is 1. The van der Waals surface area contributed by atoms with Crippen molar-refractivity contribution in [3.05, 3.63) is 23.9 Å². The molecule has 1 unspecified atom stereocenters. The van der Waals surface area contributed by atoms with Gasteiger partial charge >= 0.3 is 0 Å². The molecule has 4 rings (SSSR count). The summed E-state index contributed by atoms with van der Waals surface area (Å²) < 4.78 is 5.42. The van der Waals surface area contributed by atoms with Crippen LogP contribution in [0.25, 0.3) is 0 Å². The number of carbonyl (C=O) groups is 2. The summed E-state index contributed by atoms with van der Waals surface area (Å²) >= 11 is 0. The highest BCUT2D eigenvalue weighted by Gasteiger charge is 2.33. The Morgan fingerprint density at radius 2 is 2.07 bits per heavy atom. The maximum Gasteiger partial charge on any atom is 0.257 e. The molecule has 4 heterocycles. The van der Waals surface area contributed by atoms with Crippen molar-refractivity contribution in [1.29, 1.82) is 0 Å². The van der Waals surface area contributed by atoms with Gasteiger partial charge < -0.3 is 24.8 Å². The molecule has 3 saturated heterocycles. The minimum absolute atomic E-state index is 0.0110. The number of pyridine rings is 1. The van der Waals surface area contributed by atoms with Gasteiger partial charge in [-0.1, -0.05) is 0 Å². The average Bonchev–Trinajstić information content (AvgIpc) is 2.74. The molecule has 8 heteroatoms. The number of aromatic nitrogens is 1. The summed E-state index contributed by atoms with van der Waals surface area (Å²) in [5.74, 6) is 0.888. The van der Waals surface area contributed by atoms with Crippen LogP contribution in [0.3, 0.4) is 0 Å². The van der Waals surface area contributed by atoms with Crippen LogP contribution in [-0.4, -0.2) is 91.7 Å². The predicted octanol–water partition coefficient (Wildman–Crippen LogP) is -0.0454. The lowest BCUT2D eigenvalue weighted by Crippen LogP contribution is -2.57. The number of amides is 2. The second-order valence-electron chi connectivity index (χ2n) is 7.29. The molecule has 3 aliphatic rings. The Morgan fingerprint density at radius 1 is 1.22 bits per heavy atom. The van der Waals surface area contributed by atoms with Crippen LogP contribution < -0.4 is 10.2 Å². The molecule has 0 spiro atoms. The van der Waals surface area contributed by atoms with Crippen LogP contribution in [0.1, 0.15) is 23.2 Å². The van der Waals surface area contributed by atoms with Crippen molar-refractivity contribution in [3.8, 4) is 0 Å². The van der Waals surface area contributed by atoms with E-state index in [1.54, 1.807) is 6.20 Å². The summed E-state index contributed by atoms with van der Waals surface area (Å²) in [6.07, 6.45) is 3.61. The molecule has 0 radical (unpaired) electrons. The molecule has 0 aliphatic carbocycles. The summed E-state index contributed by atoms with van der Waals surface area (Å²) in [6, 6.07) is 3.79. The molecular weight excluding hydrogens is 346 g/mol. The van der Waals surface area contributed by atoms with Crippen molar-refractivity contribution in [2.24, 2.45) is 0 Å². The SMILES string of the molecule is O=C(c1cccnc1N1CCOCC1)N1CCCC(N2CCNCC2=O)C1. The topological polar surface area (TPSA) is 78.0 Å². The highest BCUT2D eigenvalue weighted by molar-refractivity contribution is 5.99. The van der Waals surface area contributed by atoms with Crippen molar-refractivity contribution < 1.29 is 14.3 Å². The maximum atomic E-state index is 13.3. The number of rotatable bonds is 3. The number of piperazine rings is 1. The van der Waals surface area contributed by atoms with Gasteiger partial charge in [0.05, 0.1) is 25.3 Å². The molecule has 1 atom stereocenters. The highest BCUT2D eigenvalue weighted by Crippen LogP contribution is 2.24. The molecular formula is C19H27N5O3. The summed E-state index contributed by atoms with van der Waals surface area (Å²) in [4.78, 5) is 36.0. The van der Waals surface area contributed by atoms with Gasteiger partial charge in [0, 0.05) is 51.5 Å². The van der Waals surface area contributed by atoms with Gasteiger partial charge in [0.2, 0.25) is 5.91 Å². The molecule has 3 fully saturated rings. The first-order valence-electron chi connectivity index (χ1n) is 9.81. The lowest BCUT2D eigenvalue weighted by molar-refractivity contribution is -0.135. The molecule has 1 N–H and O–H groups in total. The third-order valence-corrected chi connectivity index (χ3v) is 5.58. The lowest BCUT2D eigenvalue weighted by Gasteiger charge is -2.41. The first kappa shape index (κ1) is 18.2. The Labute approximate surface area is 159 Å². The number of ether oxygens (including phenoxy) is 1. The molecule has 27 heavy (non-hydrogen) atoms. The highest BCUT2D eigenvalue weighted by atomic mass is 16.5. The molecule has 0 saturated carbocycles. The number of piperidine rings is 1. The number of hydrogen-bond acceptors (Lipinski definition) is 6. The second kappa shape index (κ2) is 8.22. The van der Waals surface area contributed by atoms with Gasteiger partial charge in [-0.15, -0.1) is 0 Å². The van der Waals surface area contributed by atoms with E-state index in [1.807, 2.05) is 21.9 Å². The van der Waals surface area contributed by atoms with Crippen LogP contribution in [0.4, 0.5) is 5.82 Å². The number of likely N-dealkylation sites (tertiary alicyclic amines) is 1. The number of nitrogens with one attached hydrogen (secondary N) is 1. The largest absolute Gasteiger partial charge is 0.378 e. The summed E-state index contributed by atoms with van der Waals surface area (Å²) in [6.45, 7) is 6.06. The number of carbonyl (C=O) groups excluding carboxylic acids is 2. The van der Waals surface area contributed by atoms with Crippen molar-refractivity contribution in [1.82, 2.24) is 20.1 Å². The van der Waals surface area contributed by atoms with Gasteiger partial charge in [-0.25, -0.2) is 4.98 Å². The molecule has 146 valence electrons. The van der Waals surface area contributed by atoms with Crippen molar-refractivity contribution in [2.75, 3.05) is 63.9 Å². The van der Waals surface area contributed by atoms with E-state index in [-0.39, 0.29) is 17.9 Å². The molecule has 3 aliphatic heterocycles. The predicted molar refractivity (Wildman–Crippen MR) is 101 cm³/mol. The van der Waals surface area contributed by atoms with Crippen molar-refractivity contribution >= 4 is 17.6 Å². The third-order valence-electron chi connectivity index (χ3n) is 5.58. The summed E-state index contributed by atoms with van der Waals surface area (Å²) in [5.41, 5.74) is 0.645. The van der Waals surface area contributed by atoms with E-state index in [0.29, 0.717) is 31.9 Å². The Hall–Kier alpha value is -2.19. The van der Waals surface area contributed by atoms with Gasteiger partial charge in [0.1, 0.15) is 5.82 Å². The fraction of sp³-hybridized carbons (Fsp3) is 0.632. The molecule has 0 bridgehead atoms. The molecule has 0 aromatic carbocycles. The number of morpholine rings is 1. The molecule has 1 aromatic heterocycles. The fourth-order valence-electron chi connectivity index (χ4n) is 4.16. The quantitative estimate of drug-likeness (QED) is 0.801. The van der Waals surface area contributed by atoms with Crippen molar-refractivity contribution in [3.63, 3.8) is 0 Å². The standard InChI is InChI=1S/C19H27N5O3/c25-17-13-20-6-8-24(17)15-3-2-7-23(14-15)19(26)16-4-1-5-21-18(16)22-9-11-27-12-10-22/h1,4-5,15,20H,2-3,6-14H2. The number of nitrogens with zero attached hydrogens (tertiary/aromatic N) is 4. The zero-order valence-corrected chi connectivity index (χ0v) is 15.6. The van der Waals surface area contributed by atoms with Crippen LogP contribution in [0.5, 0.6) is 0 Å². The van der Waals surface area contributed by atoms with E-state index in [0.717, 1.165) is 51.4 Å². The van der Waals surface area contributed by atoms with E-state index in [9.17, 15) is 9.59 Å². The van der Waals surface area contributed by atoms with E-state index in [4.69, 9.17) is 4.74 Å². The van der Waals surface area contributed by atoms with Crippen LogP contribution in [0, 0.1) is 0 Å². The minimum atomic E-state index is 0.0110. The fourth-order valence-corrected chi connectivity index (χ4v) is 4.16. The molecule has 2 amide bonds. The smallest absolute Gasteiger partial charge is 0.257 e. The van der Waals surface area contributed by atoms with Gasteiger partial charge in [-0.2, -0.15) is 0 Å². The lowest BCUT2D eigenvalue weighted by atomic mass is 10.0. The first-order valence-corrected chi connectivity index (χ1v) is 9.81. The summed E-state index contributed by atoms with van der Waals surface area (Å²) in [7, 11) is 0. The Morgan fingerprint density at radius 3 is 2.89 bits per heavy atom. The minimum Gasteiger partial charge on any atom is -0.378 e. The first-order chi connectivity index (χ1) is 13.2. The summed E-state index contributed by atoms with van der Waals surface area (Å²) in [5, 5.41) is 3.11. The van der Waals surface area contributed by atoms with Crippen LogP contribution in [0.15, 0.2) is 18.3 Å². The van der Waals surface area contributed by atoms with Crippen molar-refractivity contribution in [2.45, 2.75) is 18.9 Å². The monoisotopic (exact) mass is 373 g/mol. The Kier molecular flexibility index (Phi) is 5.54. The van der Waals surface area contributed by atoms with Crippen LogP contribution in [0.2, 0.25) is 0 Å². The van der Waals surface area contributed by atoms with E-state index >= 15 is 0 Å². The Bertz CT molecular complexity index is 692. The van der Waals surface area contributed by atoms with Crippen LogP contribution >= 0.6 is 0 Å². The Balaban J connectivity index is 1.50. The third kappa shape index (κ3) is 3.91.